The lowest BCUT2D eigenvalue weighted by atomic mass is 10.1. The normalized spacial score (nSPS) is 10.3. The lowest BCUT2D eigenvalue weighted by Crippen LogP contribution is -2.26. The first-order chi connectivity index (χ1) is 9.51. The van der Waals surface area contributed by atoms with Crippen molar-refractivity contribution in [2.24, 2.45) is 0 Å². The van der Waals surface area contributed by atoms with Crippen LogP contribution in [-0.4, -0.2) is 22.4 Å². The van der Waals surface area contributed by atoms with Crippen molar-refractivity contribution in [1.29, 1.82) is 0 Å². The van der Waals surface area contributed by atoms with Crippen molar-refractivity contribution in [3.05, 3.63) is 57.0 Å². The second kappa shape index (κ2) is 5.88. The molecule has 20 heavy (non-hydrogen) atoms. The molecule has 0 N–H and O–H groups in total. The molecule has 0 spiro atoms. The molecule has 0 unspecified atom stereocenters. The fourth-order valence-electron chi connectivity index (χ4n) is 1.79. The molecule has 0 atom stereocenters. The molecule has 0 aliphatic rings. The van der Waals surface area contributed by atoms with E-state index >= 15 is 0 Å². The lowest BCUT2D eigenvalue weighted by molar-refractivity contribution is 0.0966. The van der Waals surface area contributed by atoms with Crippen LogP contribution in [0.5, 0.6) is 6.01 Å². The number of ketones is 1. The molecule has 0 saturated carbocycles. The topological polar surface area (TPSA) is 61.2 Å². The maximum absolute atomic E-state index is 12.2. The number of nitrogens with zero attached hydrogens (tertiary/aromatic N) is 2. The van der Waals surface area contributed by atoms with Crippen LogP contribution in [0.3, 0.4) is 0 Å². The van der Waals surface area contributed by atoms with E-state index in [9.17, 15) is 9.59 Å². The number of hydrogen-bond donors (Lipinski definition) is 0. The molecule has 0 amide bonds. The van der Waals surface area contributed by atoms with E-state index in [2.05, 4.69) is 4.98 Å². The van der Waals surface area contributed by atoms with E-state index in [0.29, 0.717) is 16.3 Å². The van der Waals surface area contributed by atoms with E-state index in [0.717, 1.165) is 0 Å². The highest BCUT2D eigenvalue weighted by Gasteiger charge is 2.13. The Morgan fingerprint density at radius 3 is 2.80 bits per heavy atom. The quantitative estimate of drug-likeness (QED) is 0.810. The summed E-state index contributed by atoms with van der Waals surface area (Å²) < 4.78 is 6.23. The van der Waals surface area contributed by atoms with E-state index in [-0.39, 0.29) is 23.9 Å². The van der Waals surface area contributed by atoms with Crippen LogP contribution in [0, 0.1) is 6.92 Å². The Balaban J connectivity index is 2.35. The van der Waals surface area contributed by atoms with Crippen molar-refractivity contribution in [3.63, 3.8) is 0 Å². The standard InChI is InChI=1S/C14H13ClN2O3/c1-9-6-13(19)17(14(16-9)20-2)8-12(18)10-4-3-5-11(15)7-10/h3-7H,8H2,1-2H3. The number of Topliss-reactive ketones (excluding diaryl/α,β-unsaturated/α-hetero) is 1. The minimum atomic E-state index is -0.329. The summed E-state index contributed by atoms with van der Waals surface area (Å²) in [6.45, 7) is 1.54. The number of methoxy groups -OCH3 is 1. The molecule has 2 rings (SSSR count). The Labute approximate surface area is 120 Å². The van der Waals surface area contributed by atoms with Crippen LogP contribution in [0.2, 0.25) is 5.02 Å². The van der Waals surface area contributed by atoms with Crippen LogP contribution >= 0.6 is 11.6 Å². The summed E-state index contributed by atoms with van der Waals surface area (Å²) >= 11 is 5.84. The fraction of sp³-hybridized carbons (Fsp3) is 0.214. The van der Waals surface area contributed by atoms with Gasteiger partial charge in [-0.1, -0.05) is 23.7 Å². The van der Waals surface area contributed by atoms with Crippen molar-refractivity contribution in [2.75, 3.05) is 7.11 Å². The summed E-state index contributed by atoms with van der Waals surface area (Å²) in [4.78, 5) is 28.2. The average Bonchev–Trinajstić information content (AvgIpc) is 2.41. The Morgan fingerprint density at radius 1 is 1.40 bits per heavy atom. The van der Waals surface area contributed by atoms with Gasteiger partial charge in [-0.15, -0.1) is 0 Å². The summed E-state index contributed by atoms with van der Waals surface area (Å²) in [5.41, 5.74) is 0.648. The average molecular weight is 293 g/mol. The van der Waals surface area contributed by atoms with Gasteiger partial charge in [-0.05, 0) is 19.1 Å². The van der Waals surface area contributed by atoms with Gasteiger partial charge in [-0.2, -0.15) is 0 Å². The van der Waals surface area contributed by atoms with E-state index in [1.54, 1.807) is 31.2 Å². The maximum Gasteiger partial charge on any atom is 0.299 e. The van der Waals surface area contributed by atoms with Gasteiger partial charge in [-0.25, -0.2) is 4.98 Å². The summed E-state index contributed by atoms with van der Waals surface area (Å²) in [7, 11) is 1.40. The third-order valence-corrected chi connectivity index (χ3v) is 2.97. The zero-order valence-electron chi connectivity index (χ0n) is 11.1. The number of ether oxygens (including phenoxy) is 1. The van der Waals surface area contributed by atoms with Gasteiger partial charge in [-0.3, -0.25) is 14.2 Å². The van der Waals surface area contributed by atoms with Crippen LogP contribution < -0.4 is 10.3 Å². The molecule has 1 aromatic carbocycles. The van der Waals surface area contributed by atoms with Gasteiger partial charge in [0.05, 0.1) is 13.7 Å². The summed E-state index contributed by atoms with van der Waals surface area (Å²) in [6.07, 6.45) is 0. The first-order valence-corrected chi connectivity index (χ1v) is 6.30. The third-order valence-electron chi connectivity index (χ3n) is 2.73. The van der Waals surface area contributed by atoms with Gasteiger partial charge in [0.25, 0.3) is 11.6 Å². The number of carbonyl (C=O) groups is 1. The van der Waals surface area contributed by atoms with Gasteiger partial charge in [0.2, 0.25) is 0 Å². The Hall–Kier alpha value is -2.14. The summed E-state index contributed by atoms with van der Waals surface area (Å²) in [5, 5.41) is 0.470. The first kappa shape index (κ1) is 14.3. The number of rotatable bonds is 4. The predicted octanol–water partition coefficient (Wildman–Crippen LogP) is 2.10. The minimum absolute atomic E-state index is 0.116. The monoisotopic (exact) mass is 292 g/mol. The van der Waals surface area contributed by atoms with E-state index in [4.69, 9.17) is 16.3 Å². The highest BCUT2D eigenvalue weighted by molar-refractivity contribution is 6.31. The largest absolute Gasteiger partial charge is 0.468 e. The fourth-order valence-corrected chi connectivity index (χ4v) is 1.98. The Kier molecular flexibility index (Phi) is 4.20. The number of carbonyl (C=O) groups excluding carboxylic acids is 1. The maximum atomic E-state index is 12.2. The second-order valence-electron chi connectivity index (χ2n) is 4.24. The molecule has 0 aliphatic heterocycles. The molecular formula is C14H13ClN2O3. The third kappa shape index (κ3) is 3.05. The molecule has 0 bridgehead atoms. The number of benzene rings is 1. The number of hydrogen-bond acceptors (Lipinski definition) is 4. The van der Waals surface area contributed by atoms with Crippen molar-refractivity contribution >= 4 is 17.4 Å². The van der Waals surface area contributed by atoms with Crippen LogP contribution in [0.4, 0.5) is 0 Å². The Bertz CT molecular complexity index is 710. The molecule has 104 valence electrons. The van der Waals surface area contributed by atoms with Crippen molar-refractivity contribution in [2.45, 2.75) is 13.5 Å². The highest BCUT2D eigenvalue weighted by Crippen LogP contribution is 2.13. The van der Waals surface area contributed by atoms with Gasteiger partial charge in [0.1, 0.15) is 0 Å². The van der Waals surface area contributed by atoms with Crippen LogP contribution in [0.1, 0.15) is 16.1 Å². The molecule has 0 fully saturated rings. The van der Waals surface area contributed by atoms with E-state index in [1.807, 2.05) is 0 Å². The molecular weight excluding hydrogens is 280 g/mol. The van der Waals surface area contributed by atoms with Gasteiger partial charge in [0.15, 0.2) is 5.78 Å². The molecule has 1 aromatic heterocycles. The summed E-state index contributed by atoms with van der Waals surface area (Å²) in [5.74, 6) is -0.237. The SMILES string of the molecule is COc1nc(C)cc(=O)n1CC(=O)c1cccc(Cl)c1. The smallest absolute Gasteiger partial charge is 0.299 e. The number of aromatic nitrogens is 2. The van der Waals surface area contributed by atoms with Crippen molar-refractivity contribution < 1.29 is 9.53 Å². The predicted molar refractivity (Wildman–Crippen MR) is 75.6 cm³/mol. The van der Waals surface area contributed by atoms with Gasteiger partial charge in [0, 0.05) is 22.3 Å². The zero-order chi connectivity index (χ0) is 14.7. The minimum Gasteiger partial charge on any atom is -0.468 e. The number of aryl methyl sites for hydroxylation is 1. The van der Waals surface area contributed by atoms with Gasteiger partial charge >= 0.3 is 0 Å². The molecule has 0 aliphatic carbocycles. The second-order valence-corrected chi connectivity index (χ2v) is 4.68. The van der Waals surface area contributed by atoms with Gasteiger partial charge < -0.3 is 4.74 Å². The van der Waals surface area contributed by atoms with Crippen LogP contribution in [0.25, 0.3) is 0 Å². The number of halogens is 1. The van der Waals surface area contributed by atoms with Crippen molar-refractivity contribution in [1.82, 2.24) is 9.55 Å². The molecule has 2 aromatic rings. The van der Waals surface area contributed by atoms with E-state index in [1.165, 1.54) is 17.7 Å². The molecule has 0 radical (unpaired) electrons. The van der Waals surface area contributed by atoms with Crippen LogP contribution in [-0.2, 0) is 6.54 Å². The zero-order valence-corrected chi connectivity index (χ0v) is 11.8. The molecule has 1 heterocycles. The highest BCUT2D eigenvalue weighted by atomic mass is 35.5. The van der Waals surface area contributed by atoms with Crippen LogP contribution in [0.15, 0.2) is 35.1 Å². The molecule has 0 saturated heterocycles. The first-order valence-electron chi connectivity index (χ1n) is 5.92. The van der Waals surface area contributed by atoms with Crippen molar-refractivity contribution in [3.8, 4) is 6.01 Å². The lowest BCUT2D eigenvalue weighted by Gasteiger charge is -2.10. The van der Waals surface area contributed by atoms with E-state index < -0.39 is 0 Å². The summed E-state index contributed by atoms with van der Waals surface area (Å²) in [6, 6.07) is 8.04. The Morgan fingerprint density at radius 2 is 2.15 bits per heavy atom. The molecule has 6 heteroatoms. The molecule has 5 nitrogen and oxygen atoms in total.